The third-order valence-electron chi connectivity index (χ3n) is 4.11. The van der Waals surface area contributed by atoms with Crippen LogP contribution in [0.2, 0.25) is 0 Å². The first-order valence-electron chi connectivity index (χ1n) is 7.60. The van der Waals surface area contributed by atoms with Gasteiger partial charge in [0, 0.05) is 26.2 Å². The summed E-state index contributed by atoms with van der Waals surface area (Å²) in [5.41, 5.74) is 0. The molecule has 0 spiro atoms. The van der Waals surface area contributed by atoms with Crippen LogP contribution in [0.4, 0.5) is 0 Å². The largest absolute Gasteiger partial charge is 0.313 e. The topological polar surface area (TPSA) is 52.7 Å². The van der Waals surface area contributed by atoms with E-state index in [4.69, 9.17) is 0 Å². The summed E-state index contributed by atoms with van der Waals surface area (Å²) in [4.78, 5) is 2.31. The molecule has 1 fully saturated rings. The Balaban J connectivity index is 2.49. The van der Waals surface area contributed by atoms with Crippen LogP contribution in [0.5, 0.6) is 0 Å². The third kappa shape index (κ3) is 5.31. The van der Waals surface area contributed by atoms with E-state index in [1.165, 1.54) is 0 Å². The molecule has 0 bridgehead atoms. The van der Waals surface area contributed by atoms with E-state index in [1.807, 2.05) is 13.8 Å². The van der Waals surface area contributed by atoms with E-state index in [0.29, 0.717) is 25.0 Å². The fourth-order valence-electron chi connectivity index (χ4n) is 2.53. The van der Waals surface area contributed by atoms with Crippen LogP contribution in [0.15, 0.2) is 0 Å². The van der Waals surface area contributed by atoms with Crippen molar-refractivity contribution in [2.24, 2.45) is 5.92 Å². The molecule has 0 aromatic carbocycles. The van der Waals surface area contributed by atoms with Gasteiger partial charge < -0.3 is 10.2 Å². The minimum absolute atomic E-state index is 0.312. The molecule has 0 saturated carbocycles. The Bertz CT molecular complexity index is 376. The molecule has 0 aliphatic carbocycles. The van der Waals surface area contributed by atoms with Crippen molar-refractivity contribution in [1.29, 1.82) is 0 Å². The molecule has 1 aliphatic rings. The molecule has 0 amide bonds. The minimum atomic E-state index is -3.19. The first-order chi connectivity index (χ1) is 9.23. The van der Waals surface area contributed by atoms with E-state index >= 15 is 0 Å². The van der Waals surface area contributed by atoms with Gasteiger partial charge in [0.25, 0.3) is 0 Å². The summed E-state index contributed by atoms with van der Waals surface area (Å²) in [6.45, 7) is 9.16. The maximum absolute atomic E-state index is 12.5. The number of nitrogens with zero attached hydrogens (tertiary/aromatic N) is 2. The van der Waals surface area contributed by atoms with Gasteiger partial charge in [0.2, 0.25) is 10.0 Å². The zero-order chi connectivity index (χ0) is 15.3. The highest BCUT2D eigenvalue weighted by Gasteiger charge is 2.28. The van der Waals surface area contributed by atoms with E-state index in [2.05, 4.69) is 17.3 Å². The predicted molar refractivity (Wildman–Crippen MR) is 84.4 cm³/mol. The summed E-state index contributed by atoms with van der Waals surface area (Å²) in [5, 5.41) is 2.83. The normalized spacial score (nSPS) is 20.8. The molecule has 20 heavy (non-hydrogen) atoms. The molecule has 1 heterocycles. The fraction of sp³-hybridized carbons (Fsp3) is 1.00. The number of hydrogen-bond donors (Lipinski definition) is 1. The first-order valence-corrected chi connectivity index (χ1v) is 9.11. The van der Waals surface area contributed by atoms with E-state index < -0.39 is 10.0 Å². The lowest BCUT2D eigenvalue weighted by molar-refractivity contribution is 0.202. The molecule has 6 heteroatoms. The molecular weight excluding hydrogens is 274 g/mol. The van der Waals surface area contributed by atoms with Crippen molar-refractivity contribution in [2.45, 2.75) is 44.9 Å². The van der Waals surface area contributed by atoms with Crippen molar-refractivity contribution in [1.82, 2.24) is 14.5 Å². The van der Waals surface area contributed by atoms with Crippen molar-refractivity contribution in [2.75, 3.05) is 40.3 Å². The number of hydrogen-bond acceptors (Lipinski definition) is 4. The van der Waals surface area contributed by atoms with Crippen LogP contribution in [0, 0.1) is 5.92 Å². The van der Waals surface area contributed by atoms with Gasteiger partial charge in [-0.05, 0) is 45.8 Å². The number of piperidine rings is 1. The van der Waals surface area contributed by atoms with Crippen molar-refractivity contribution in [3.05, 3.63) is 0 Å². The highest BCUT2D eigenvalue weighted by molar-refractivity contribution is 7.89. The van der Waals surface area contributed by atoms with Gasteiger partial charge in [-0.2, -0.15) is 0 Å². The highest BCUT2D eigenvalue weighted by atomic mass is 32.2. The SMILES string of the molecule is CC(C)NCC(C)S(=O)(=O)N(C)CC1CCN(C)CC1. The third-order valence-corrected chi connectivity index (χ3v) is 6.31. The van der Waals surface area contributed by atoms with Gasteiger partial charge in [-0.3, -0.25) is 0 Å². The molecule has 0 aromatic rings. The van der Waals surface area contributed by atoms with Gasteiger partial charge in [-0.1, -0.05) is 13.8 Å². The molecule has 120 valence electrons. The Morgan fingerprint density at radius 2 is 1.80 bits per heavy atom. The number of likely N-dealkylation sites (tertiary alicyclic amines) is 1. The molecule has 1 aliphatic heterocycles. The summed E-state index contributed by atoms with van der Waals surface area (Å²) >= 11 is 0. The molecule has 1 N–H and O–H groups in total. The number of nitrogens with one attached hydrogen (secondary N) is 1. The first kappa shape index (κ1) is 17.9. The number of rotatable bonds is 7. The second-order valence-electron chi connectivity index (χ2n) is 6.45. The van der Waals surface area contributed by atoms with Crippen LogP contribution in [-0.4, -0.2) is 69.2 Å². The molecule has 0 radical (unpaired) electrons. The second-order valence-corrected chi connectivity index (χ2v) is 8.90. The summed E-state index contributed by atoms with van der Waals surface area (Å²) in [6.07, 6.45) is 2.18. The molecule has 1 atom stereocenters. The van der Waals surface area contributed by atoms with Gasteiger partial charge >= 0.3 is 0 Å². The van der Waals surface area contributed by atoms with E-state index in [9.17, 15) is 8.42 Å². The van der Waals surface area contributed by atoms with Gasteiger partial charge in [0.05, 0.1) is 5.25 Å². The predicted octanol–water partition coefficient (Wildman–Crippen LogP) is 0.976. The standard InChI is InChI=1S/C14H31N3O2S/c1-12(2)15-10-13(3)20(18,19)17(5)11-14-6-8-16(4)9-7-14/h12-15H,6-11H2,1-5H3. The van der Waals surface area contributed by atoms with Crippen LogP contribution in [-0.2, 0) is 10.0 Å². The van der Waals surface area contributed by atoms with Crippen molar-refractivity contribution in [3.8, 4) is 0 Å². The summed E-state index contributed by atoms with van der Waals surface area (Å²) in [6, 6.07) is 0.312. The van der Waals surface area contributed by atoms with E-state index in [-0.39, 0.29) is 5.25 Å². The molecule has 1 unspecified atom stereocenters. The fourth-order valence-corrected chi connectivity index (χ4v) is 3.87. The maximum Gasteiger partial charge on any atom is 0.217 e. The molecule has 5 nitrogen and oxygen atoms in total. The molecule has 1 rings (SSSR count). The minimum Gasteiger partial charge on any atom is -0.313 e. The maximum atomic E-state index is 12.5. The zero-order valence-electron chi connectivity index (χ0n) is 13.6. The number of sulfonamides is 1. The van der Waals surface area contributed by atoms with E-state index in [1.54, 1.807) is 18.3 Å². The average molecular weight is 305 g/mol. The Labute approximate surface area is 124 Å². The second kappa shape index (κ2) is 7.73. The molecule has 1 saturated heterocycles. The summed E-state index contributed by atoms with van der Waals surface area (Å²) in [7, 11) is 0.653. The van der Waals surface area contributed by atoms with Gasteiger partial charge in [-0.25, -0.2) is 12.7 Å². The summed E-state index contributed by atoms with van der Waals surface area (Å²) < 4.78 is 26.5. The van der Waals surface area contributed by atoms with Crippen molar-refractivity contribution >= 4 is 10.0 Å². The average Bonchev–Trinajstić information content (AvgIpc) is 2.38. The van der Waals surface area contributed by atoms with Gasteiger partial charge in [0.15, 0.2) is 0 Å². The lowest BCUT2D eigenvalue weighted by Crippen LogP contribution is -2.44. The quantitative estimate of drug-likeness (QED) is 0.762. The van der Waals surface area contributed by atoms with Crippen molar-refractivity contribution < 1.29 is 8.42 Å². The van der Waals surface area contributed by atoms with Gasteiger partial charge in [0.1, 0.15) is 0 Å². The van der Waals surface area contributed by atoms with Crippen LogP contribution in [0.25, 0.3) is 0 Å². The lowest BCUT2D eigenvalue weighted by Gasteiger charge is -2.32. The monoisotopic (exact) mass is 305 g/mol. The zero-order valence-corrected chi connectivity index (χ0v) is 14.4. The Kier molecular flexibility index (Phi) is 6.91. The smallest absolute Gasteiger partial charge is 0.217 e. The Morgan fingerprint density at radius 3 is 2.30 bits per heavy atom. The Morgan fingerprint density at radius 1 is 1.25 bits per heavy atom. The van der Waals surface area contributed by atoms with E-state index in [0.717, 1.165) is 25.9 Å². The molecule has 0 aromatic heterocycles. The highest BCUT2D eigenvalue weighted by Crippen LogP contribution is 2.19. The summed E-state index contributed by atoms with van der Waals surface area (Å²) in [5.74, 6) is 0.497. The van der Waals surface area contributed by atoms with Gasteiger partial charge in [-0.15, -0.1) is 0 Å². The lowest BCUT2D eigenvalue weighted by atomic mass is 9.97. The van der Waals surface area contributed by atoms with Crippen LogP contribution in [0.3, 0.4) is 0 Å². The van der Waals surface area contributed by atoms with Crippen LogP contribution in [0.1, 0.15) is 33.6 Å². The molecular formula is C14H31N3O2S. The Hall–Kier alpha value is -0.170. The van der Waals surface area contributed by atoms with Crippen LogP contribution >= 0.6 is 0 Å². The van der Waals surface area contributed by atoms with Crippen molar-refractivity contribution in [3.63, 3.8) is 0 Å². The van der Waals surface area contributed by atoms with Crippen LogP contribution < -0.4 is 5.32 Å².